The molecule has 1 aliphatic rings. The van der Waals surface area contributed by atoms with Gasteiger partial charge in [0.2, 0.25) is 5.91 Å². The van der Waals surface area contributed by atoms with E-state index < -0.39 is 17.3 Å². The van der Waals surface area contributed by atoms with Crippen LogP contribution in [-0.4, -0.2) is 22.0 Å². The normalized spacial score (nSPS) is 16.4. The summed E-state index contributed by atoms with van der Waals surface area (Å²) in [6.07, 6.45) is 4.32. The van der Waals surface area contributed by atoms with Crippen LogP contribution < -0.4 is 5.32 Å². The molecule has 1 atom stereocenters. The van der Waals surface area contributed by atoms with Crippen molar-refractivity contribution in [3.63, 3.8) is 0 Å². The molecule has 1 aromatic heterocycles. The molecule has 1 unspecified atom stereocenters. The second kappa shape index (κ2) is 5.83. The first kappa shape index (κ1) is 15.2. The highest BCUT2D eigenvalue weighted by atomic mass is 16.4. The summed E-state index contributed by atoms with van der Waals surface area (Å²) in [4.78, 5) is 27.3. The van der Waals surface area contributed by atoms with Crippen LogP contribution in [0.25, 0.3) is 11.1 Å². The Hall–Kier alpha value is -2.69. The van der Waals surface area contributed by atoms with Gasteiger partial charge < -0.3 is 10.4 Å². The Morgan fingerprint density at radius 2 is 1.65 bits per heavy atom. The Kier molecular flexibility index (Phi) is 3.86. The molecule has 118 valence electrons. The van der Waals surface area contributed by atoms with Gasteiger partial charge in [-0.3, -0.25) is 14.6 Å². The fraction of sp³-hybridized carbons (Fsp3) is 0.278. The van der Waals surface area contributed by atoms with Crippen molar-refractivity contribution in [3.8, 4) is 11.1 Å². The summed E-state index contributed by atoms with van der Waals surface area (Å²) < 4.78 is 0. The molecule has 5 nitrogen and oxygen atoms in total. The maximum absolute atomic E-state index is 12.1. The fourth-order valence-corrected chi connectivity index (χ4v) is 2.59. The average molecular weight is 310 g/mol. The van der Waals surface area contributed by atoms with Crippen LogP contribution in [0.15, 0.2) is 48.8 Å². The fourth-order valence-electron chi connectivity index (χ4n) is 2.59. The van der Waals surface area contributed by atoms with E-state index in [0.717, 1.165) is 16.7 Å². The molecule has 1 heterocycles. The molecule has 0 bridgehead atoms. The molecule has 0 saturated heterocycles. The second-order valence-electron chi connectivity index (χ2n) is 5.94. The van der Waals surface area contributed by atoms with Crippen molar-refractivity contribution >= 4 is 11.9 Å². The number of pyridine rings is 1. The molecule has 0 spiro atoms. The molecule has 1 amide bonds. The van der Waals surface area contributed by atoms with Gasteiger partial charge in [-0.2, -0.15) is 0 Å². The van der Waals surface area contributed by atoms with Crippen molar-refractivity contribution in [2.24, 2.45) is 5.41 Å². The smallest absolute Gasteiger partial charge is 0.319 e. The summed E-state index contributed by atoms with van der Waals surface area (Å²) in [5, 5.41) is 12.0. The van der Waals surface area contributed by atoms with E-state index in [4.69, 9.17) is 5.11 Å². The van der Waals surface area contributed by atoms with E-state index in [1.807, 2.05) is 43.3 Å². The summed E-state index contributed by atoms with van der Waals surface area (Å²) in [7, 11) is 0. The van der Waals surface area contributed by atoms with Crippen LogP contribution in [0.2, 0.25) is 0 Å². The van der Waals surface area contributed by atoms with Gasteiger partial charge >= 0.3 is 5.97 Å². The first-order chi connectivity index (χ1) is 11.0. The molecular formula is C18H18N2O3. The number of carboxylic acid groups (broad SMARTS) is 1. The van der Waals surface area contributed by atoms with Crippen molar-refractivity contribution in [3.05, 3.63) is 54.4 Å². The maximum atomic E-state index is 12.1. The van der Waals surface area contributed by atoms with E-state index >= 15 is 0 Å². The van der Waals surface area contributed by atoms with Crippen LogP contribution in [0.1, 0.15) is 31.4 Å². The van der Waals surface area contributed by atoms with Gasteiger partial charge in [0, 0.05) is 12.4 Å². The number of carboxylic acids is 1. The average Bonchev–Trinajstić information content (AvgIpc) is 3.38. The second-order valence-corrected chi connectivity index (χ2v) is 5.94. The van der Waals surface area contributed by atoms with Crippen LogP contribution in [0.5, 0.6) is 0 Å². The molecule has 0 aliphatic heterocycles. The zero-order valence-corrected chi connectivity index (χ0v) is 12.8. The number of aliphatic carboxylic acids is 1. The number of benzene rings is 1. The third-order valence-corrected chi connectivity index (χ3v) is 4.37. The molecule has 3 rings (SSSR count). The van der Waals surface area contributed by atoms with Gasteiger partial charge in [0.05, 0.1) is 6.04 Å². The number of nitrogens with one attached hydrogen (secondary N) is 1. The van der Waals surface area contributed by atoms with Crippen LogP contribution in [0.4, 0.5) is 0 Å². The quantitative estimate of drug-likeness (QED) is 0.832. The van der Waals surface area contributed by atoms with Crippen LogP contribution in [0.3, 0.4) is 0 Å². The van der Waals surface area contributed by atoms with Gasteiger partial charge in [-0.15, -0.1) is 0 Å². The van der Waals surface area contributed by atoms with Crippen molar-refractivity contribution in [2.75, 3.05) is 0 Å². The summed E-state index contributed by atoms with van der Waals surface area (Å²) in [5.74, 6) is -1.43. The van der Waals surface area contributed by atoms with E-state index in [1.165, 1.54) is 0 Å². The van der Waals surface area contributed by atoms with E-state index in [-0.39, 0.29) is 6.04 Å². The third-order valence-electron chi connectivity index (χ3n) is 4.37. The SMILES string of the molecule is CC(NC(=O)C1(C(=O)O)CC1)c1ccc(-c2ccncc2)cc1. The lowest BCUT2D eigenvalue weighted by molar-refractivity contribution is -0.149. The Morgan fingerprint density at radius 3 is 2.17 bits per heavy atom. The first-order valence-corrected chi connectivity index (χ1v) is 7.58. The molecule has 23 heavy (non-hydrogen) atoms. The van der Waals surface area contributed by atoms with Crippen molar-refractivity contribution in [1.82, 2.24) is 10.3 Å². The Balaban J connectivity index is 1.70. The van der Waals surface area contributed by atoms with E-state index in [0.29, 0.717) is 12.8 Å². The lowest BCUT2D eigenvalue weighted by atomic mass is 10.0. The molecule has 0 radical (unpaired) electrons. The van der Waals surface area contributed by atoms with Crippen LogP contribution >= 0.6 is 0 Å². The molecule has 1 aliphatic carbocycles. The molecule has 2 N–H and O–H groups in total. The van der Waals surface area contributed by atoms with Gasteiger partial charge in [-0.05, 0) is 48.6 Å². The van der Waals surface area contributed by atoms with Crippen molar-refractivity contribution in [1.29, 1.82) is 0 Å². The third kappa shape index (κ3) is 2.95. The largest absolute Gasteiger partial charge is 0.480 e. The Labute approximate surface area is 134 Å². The zero-order valence-electron chi connectivity index (χ0n) is 12.8. The van der Waals surface area contributed by atoms with Crippen molar-refractivity contribution < 1.29 is 14.7 Å². The summed E-state index contributed by atoms with van der Waals surface area (Å²) in [6, 6.07) is 11.5. The van der Waals surface area contributed by atoms with Gasteiger partial charge in [-0.25, -0.2) is 0 Å². The topological polar surface area (TPSA) is 79.3 Å². The predicted molar refractivity (Wildman–Crippen MR) is 85.5 cm³/mol. The lowest BCUT2D eigenvalue weighted by Crippen LogP contribution is -2.38. The number of nitrogens with zero attached hydrogens (tertiary/aromatic N) is 1. The first-order valence-electron chi connectivity index (χ1n) is 7.58. The van der Waals surface area contributed by atoms with Gasteiger partial charge in [-0.1, -0.05) is 24.3 Å². The molecule has 1 aromatic carbocycles. The highest BCUT2D eigenvalue weighted by Gasteiger charge is 2.57. The molecule has 1 fully saturated rings. The van der Waals surface area contributed by atoms with Crippen LogP contribution in [0, 0.1) is 5.41 Å². The minimum Gasteiger partial charge on any atom is -0.480 e. The maximum Gasteiger partial charge on any atom is 0.319 e. The lowest BCUT2D eigenvalue weighted by Gasteiger charge is -2.18. The van der Waals surface area contributed by atoms with E-state index in [9.17, 15) is 9.59 Å². The highest BCUT2D eigenvalue weighted by molar-refractivity contribution is 6.04. The number of rotatable bonds is 5. The standard InChI is InChI=1S/C18H18N2O3/c1-12(20-16(21)18(8-9-18)17(22)23)13-2-4-14(5-3-13)15-6-10-19-11-7-15/h2-7,10-12H,8-9H2,1H3,(H,20,21)(H,22,23). The van der Waals surface area contributed by atoms with Crippen LogP contribution in [-0.2, 0) is 9.59 Å². The minimum atomic E-state index is -1.20. The van der Waals surface area contributed by atoms with Crippen molar-refractivity contribution in [2.45, 2.75) is 25.8 Å². The Morgan fingerprint density at radius 1 is 1.09 bits per heavy atom. The van der Waals surface area contributed by atoms with Gasteiger partial charge in [0.25, 0.3) is 0 Å². The number of carbonyl (C=O) groups is 2. The number of hydrogen-bond acceptors (Lipinski definition) is 3. The van der Waals surface area contributed by atoms with E-state index in [1.54, 1.807) is 12.4 Å². The minimum absolute atomic E-state index is 0.231. The predicted octanol–water partition coefficient (Wildman–Crippen LogP) is 2.79. The Bertz CT molecular complexity index is 722. The van der Waals surface area contributed by atoms with Gasteiger partial charge in [0.15, 0.2) is 0 Å². The van der Waals surface area contributed by atoms with Gasteiger partial charge in [0.1, 0.15) is 5.41 Å². The number of carbonyl (C=O) groups excluding carboxylic acids is 1. The highest BCUT2D eigenvalue weighted by Crippen LogP contribution is 2.46. The number of aromatic nitrogens is 1. The molecular weight excluding hydrogens is 292 g/mol. The monoisotopic (exact) mass is 310 g/mol. The number of hydrogen-bond donors (Lipinski definition) is 2. The summed E-state index contributed by atoms with van der Waals surface area (Å²) in [6.45, 7) is 1.86. The van der Waals surface area contributed by atoms with E-state index in [2.05, 4.69) is 10.3 Å². The summed E-state index contributed by atoms with van der Waals surface area (Å²) >= 11 is 0. The summed E-state index contributed by atoms with van der Waals surface area (Å²) in [5.41, 5.74) is 1.88. The zero-order chi connectivity index (χ0) is 16.4. The number of amides is 1. The molecule has 1 saturated carbocycles. The molecule has 2 aromatic rings. The molecule has 5 heteroatoms.